The molecule has 0 aliphatic carbocycles. The summed E-state index contributed by atoms with van der Waals surface area (Å²) in [5.74, 6) is 0.978. The second kappa shape index (κ2) is 6.51. The summed E-state index contributed by atoms with van der Waals surface area (Å²) in [6.45, 7) is 0. The van der Waals surface area contributed by atoms with E-state index in [4.69, 9.17) is 0 Å². The van der Waals surface area contributed by atoms with E-state index >= 15 is 0 Å². The van der Waals surface area contributed by atoms with Gasteiger partial charge in [0.25, 0.3) is 0 Å². The molecule has 5 aromatic rings. The summed E-state index contributed by atoms with van der Waals surface area (Å²) in [6.07, 6.45) is 4.53. The fourth-order valence-corrected chi connectivity index (χ4v) is 4.47. The Kier molecular flexibility index (Phi) is 3.88. The Labute approximate surface area is 157 Å². The van der Waals surface area contributed by atoms with E-state index in [-0.39, 0.29) is 0 Å². The summed E-state index contributed by atoms with van der Waals surface area (Å²) in [5.41, 5.74) is 1.30. The molecule has 0 nitrogen and oxygen atoms in total. The van der Waals surface area contributed by atoms with Crippen LogP contribution >= 0.6 is 11.8 Å². The number of thioether (sulfide) groups is 1. The molecule has 5 rings (SSSR count). The van der Waals surface area contributed by atoms with Crippen molar-refractivity contribution in [3.63, 3.8) is 0 Å². The summed E-state index contributed by atoms with van der Waals surface area (Å²) in [7, 11) is 0. The van der Waals surface area contributed by atoms with E-state index in [1.54, 1.807) is 0 Å². The molecule has 0 amide bonds. The van der Waals surface area contributed by atoms with Crippen LogP contribution in [0.15, 0.2) is 95.9 Å². The molecule has 0 radical (unpaired) electrons. The average molecular weight is 350 g/mol. The summed E-state index contributed by atoms with van der Waals surface area (Å²) in [4.78, 5) is 1.31. The zero-order valence-electron chi connectivity index (χ0n) is 14.4. The van der Waals surface area contributed by atoms with Gasteiger partial charge in [-0.1, -0.05) is 84.9 Å². The van der Waals surface area contributed by atoms with Crippen molar-refractivity contribution in [1.29, 1.82) is 0 Å². The highest BCUT2D eigenvalue weighted by Gasteiger charge is 2.09. The SMILES string of the molecule is C(=C\c1ccc2ccc3cccc4ccc1c2c34)/CSc1ccccc1. The molecule has 0 spiro atoms. The Balaban J connectivity index is 1.54. The first-order chi connectivity index (χ1) is 12.9. The van der Waals surface area contributed by atoms with Crippen LogP contribution in [0.25, 0.3) is 38.4 Å². The molecule has 0 atom stereocenters. The highest BCUT2D eigenvalue weighted by atomic mass is 32.2. The summed E-state index contributed by atoms with van der Waals surface area (Å²) in [5, 5.41) is 8.07. The number of benzene rings is 5. The fourth-order valence-electron chi connectivity index (χ4n) is 3.74. The third-order valence-electron chi connectivity index (χ3n) is 4.95. The zero-order chi connectivity index (χ0) is 17.3. The van der Waals surface area contributed by atoms with Gasteiger partial charge in [0.05, 0.1) is 0 Å². The van der Waals surface area contributed by atoms with Gasteiger partial charge >= 0.3 is 0 Å². The van der Waals surface area contributed by atoms with Crippen LogP contribution in [-0.2, 0) is 0 Å². The van der Waals surface area contributed by atoms with E-state index in [0.717, 1.165) is 5.75 Å². The maximum absolute atomic E-state index is 2.27. The van der Waals surface area contributed by atoms with Crippen LogP contribution in [0.1, 0.15) is 5.56 Å². The molecule has 124 valence electrons. The monoisotopic (exact) mass is 350 g/mol. The molecule has 0 aliphatic rings. The van der Waals surface area contributed by atoms with Crippen LogP contribution in [0, 0.1) is 0 Å². The lowest BCUT2D eigenvalue weighted by Gasteiger charge is -2.12. The van der Waals surface area contributed by atoms with Crippen molar-refractivity contribution < 1.29 is 0 Å². The van der Waals surface area contributed by atoms with Gasteiger partial charge in [0.2, 0.25) is 0 Å². The predicted molar refractivity (Wildman–Crippen MR) is 116 cm³/mol. The van der Waals surface area contributed by atoms with Gasteiger partial charge in [0.15, 0.2) is 0 Å². The van der Waals surface area contributed by atoms with Gasteiger partial charge in [-0.2, -0.15) is 0 Å². The minimum Gasteiger partial charge on any atom is -0.122 e. The molecule has 1 heteroatoms. The lowest BCUT2D eigenvalue weighted by molar-refractivity contribution is 1.46. The maximum Gasteiger partial charge on any atom is 0.0164 e. The van der Waals surface area contributed by atoms with Gasteiger partial charge in [-0.05, 0) is 50.0 Å². The second-order valence-electron chi connectivity index (χ2n) is 6.54. The lowest BCUT2D eigenvalue weighted by Crippen LogP contribution is -1.86. The third-order valence-corrected chi connectivity index (χ3v) is 5.91. The van der Waals surface area contributed by atoms with Gasteiger partial charge < -0.3 is 0 Å². The second-order valence-corrected chi connectivity index (χ2v) is 7.63. The number of rotatable bonds is 4. The molecular formula is C25H18S. The van der Waals surface area contributed by atoms with Gasteiger partial charge in [-0.25, -0.2) is 0 Å². The number of hydrogen-bond acceptors (Lipinski definition) is 1. The van der Waals surface area contributed by atoms with E-state index in [9.17, 15) is 0 Å². The highest BCUT2D eigenvalue weighted by Crippen LogP contribution is 2.36. The third kappa shape index (κ3) is 2.65. The number of hydrogen-bond donors (Lipinski definition) is 0. The van der Waals surface area contributed by atoms with Crippen molar-refractivity contribution in [2.45, 2.75) is 4.90 Å². The van der Waals surface area contributed by atoms with E-state index in [1.165, 1.54) is 42.8 Å². The Morgan fingerprint density at radius 2 is 1.31 bits per heavy atom. The van der Waals surface area contributed by atoms with Gasteiger partial charge in [0, 0.05) is 10.6 Å². The minimum absolute atomic E-state index is 0.978. The largest absolute Gasteiger partial charge is 0.122 e. The molecule has 0 N–H and O–H groups in total. The van der Waals surface area contributed by atoms with Crippen LogP contribution in [-0.4, -0.2) is 5.75 Å². The summed E-state index contributed by atoms with van der Waals surface area (Å²) < 4.78 is 0. The molecule has 5 aromatic carbocycles. The van der Waals surface area contributed by atoms with Crippen molar-refractivity contribution in [1.82, 2.24) is 0 Å². The van der Waals surface area contributed by atoms with Gasteiger partial charge in [-0.15, -0.1) is 11.8 Å². The standard InChI is InChI=1S/C25H18S/c1-2-9-22(10-3-1)26-17-5-8-18-11-12-21-14-13-19-6-4-7-20-15-16-23(18)25(21)24(19)20/h1-16H,17H2/b8-5+. The molecule has 26 heavy (non-hydrogen) atoms. The molecule has 0 saturated heterocycles. The van der Waals surface area contributed by atoms with E-state index in [0.29, 0.717) is 0 Å². The molecule has 0 unspecified atom stereocenters. The highest BCUT2D eigenvalue weighted by molar-refractivity contribution is 7.99. The molecule has 0 saturated carbocycles. The summed E-state index contributed by atoms with van der Waals surface area (Å²) in [6, 6.07) is 30.6. The lowest BCUT2D eigenvalue weighted by atomic mass is 9.92. The smallest absolute Gasteiger partial charge is 0.0164 e. The van der Waals surface area contributed by atoms with E-state index in [2.05, 4.69) is 97.1 Å². The van der Waals surface area contributed by atoms with Crippen molar-refractivity contribution in [3.8, 4) is 0 Å². The van der Waals surface area contributed by atoms with Crippen LogP contribution in [0.3, 0.4) is 0 Å². The van der Waals surface area contributed by atoms with Crippen molar-refractivity contribution in [3.05, 3.63) is 96.6 Å². The molecule has 0 bridgehead atoms. The quantitative estimate of drug-likeness (QED) is 0.240. The van der Waals surface area contributed by atoms with Gasteiger partial charge in [-0.3, -0.25) is 0 Å². The predicted octanol–water partition coefficient (Wildman–Crippen LogP) is 7.39. The van der Waals surface area contributed by atoms with E-state index < -0.39 is 0 Å². The Hall–Kier alpha value is -2.77. The van der Waals surface area contributed by atoms with Gasteiger partial charge in [0.1, 0.15) is 0 Å². The minimum atomic E-state index is 0.978. The molecular weight excluding hydrogens is 332 g/mol. The fraction of sp³-hybridized carbons (Fsp3) is 0.0400. The topological polar surface area (TPSA) is 0 Å². The molecule has 0 fully saturated rings. The summed E-state index contributed by atoms with van der Waals surface area (Å²) >= 11 is 1.87. The Bertz CT molecular complexity index is 1200. The molecule has 0 heterocycles. The Morgan fingerprint density at radius 1 is 0.615 bits per heavy atom. The van der Waals surface area contributed by atoms with Crippen molar-refractivity contribution in [2.24, 2.45) is 0 Å². The first kappa shape index (κ1) is 15.5. The molecule has 0 aromatic heterocycles. The van der Waals surface area contributed by atoms with Crippen LogP contribution in [0.4, 0.5) is 0 Å². The van der Waals surface area contributed by atoms with Crippen molar-refractivity contribution in [2.75, 3.05) is 5.75 Å². The van der Waals surface area contributed by atoms with Crippen molar-refractivity contribution >= 4 is 50.2 Å². The zero-order valence-corrected chi connectivity index (χ0v) is 15.2. The van der Waals surface area contributed by atoms with Crippen LogP contribution in [0.5, 0.6) is 0 Å². The maximum atomic E-state index is 2.27. The Morgan fingerprint density at radius 3 is 2.12 bits per heavy atom. The van der Waals surface area contributed by atoms with E-state index in [1.807, 2.05) is 11.8 Å². The first-order valence-corrected chi connectivity index (χ1v) is 9.90. The van der Waals surface area contributed by atoms with Crippen LogP contribution < -0.4 is 0 Å². The molecule has 0 aliphatic heterocycles. The normalized spacial score (nSPS) is 12.0. The van der Waals surface area contributed by atoms with Crippen LogP contribution in [0.2, 0.25) is 0 Å². The first-order valence-electron chi connectivity index (χ1n) is 8.91. The average Bonchev–Trinajstić information content (AvgIpc) is 2.71.